The Kier molecular flexibility index (Phi) is 4.12. The number of sulfonamides is 1. The van der Waals surface area contributed by atoms with Crippen LogP contribution in [0.1, 0.15) is 32.1 Å². The highest BCUT2D eigenvalue weighted by Crippen LogP contribution is 2.27. The summed E-state index contributed by atoms with van der Waals surface area (Å²) in [6, 6.07) is 0.638. The van der Waals surface area contributed by atoms with E-state index in [9.17, 15) is 8.42 Å². The SMILES string of the molecule is O=S(=O)(C1CCCCC1)N1CCN(C2CNC2)CC1. The van der Waals surface area contributed by atoms with Crippen molar-refractivity contribution in [3.8, 4) is 0 Å². The molecule has 19 heavy (non-hydrogen) atoms. The van der Waals surface area contributed by atoms with Gasteiger partial charge in [0.25, 0.3) is 0 Å². The first kappa shape index (κ1) is 13.8. The van der Waals surface area contributed by atoms with Crippen LogP contribution in [0.25, 0.3) is 0 Å². The Bertz CT molecular complexity index is 394. The fourth-order valence-electron chi connectivity index (χ4n) is 3.43. The maximum atomic E-state index is 12.6. The monoisotopic (exact) mass is 287 g/mol. The van der Waals surface area contributed by atoms with E-state index in [-0.39, 0.29) is 5.25 Å². The molecule has 1 saturated carbocycles. The van der Waals surface area contributed by atoms with Crippen molar-refractivity contribution in [3.05, 3.63) is 0 Å². The van der Waals surface area contributed by atoms with E-state index < -0.39 is 10.0 Å². The van der Waals surface area contributed by atoms with E-state index in [2.05, 4.69) is 10.2 Å². The van der Waals surface area contributed by atoms with Crippen LogP contribution in [0.2, 0.25) is 0 Å². The van der Waals surface area contributed by atoms with Crippen LogP contribution in [-0.4, -0.2) is 68.2 Å². The third-order valence-corrected chi connectivity index (χ3v) is 7.28. The summed E-state index contributed by atoms with van der Waals surface area (Å²) >= 11 is 0. The molecule has 110 valence electrons. The Labute approximate surface area is 116 Å². The van der Waals surface area contributed by atoms with Gasteiger partial charge >= 0.3 is 0 Å². The van der Waals surface area contributed by atoms with Crippen LogP contribution in [0.3, 0.4) is 0 Å². The molecule has 2 saturated heterocycles. The van der Waals surface area contributed by atoms with Crippen molar-refractivity contribution in [2.45, 2.75) is 43.4 Å². The molecule has 0 spiro atoms. The molecule has 0 aromatic rings. The molecule has 0 aromatic carbocycles. The third-order valence-electron chi connectivity index (χ3n) is 4.88. The molecular formula is C13H25N3O2S. The van der Waals surface area contributed by atoms with Crippen molar-refractivity contribution >= 4 is 10.0 Å². The van der Waals surface area contributed by atoms with Gasteiger partial charge in [0.15, 0.2) is 0 Å². The molecule has 0 bridgehead atoms. The highest BCUT2D eigenvalue weighted by molar-refractivity contribution is 7.89. The Morgan fingerprint density at radius 1 is 0.895 bits per heavy atom. The summed E-state index contributed by atoms with van der Waals surface area (Å²) in [5, 5.41) is 3.18. The smallest absolute Gasteiger partial charge is 0.217 e. The summed E-state index contributed by atoms with van der Waals surface area (Å²) in [6.07, 6.45) is 5.11. The Morgan fingerprint density at radius 2 is 1.53 bits per heavy atom. The van der Waals surface area contributed by atoms with Crippen molar-refractivity contribution in [1.29, 1.82) is 0 Å². The molecule has 2 aliphatic heterocycles. The van der Waals surface area contributed by atoms with Crippen molar-refractivity contribution in [3.63, 3.8) is 0 Å². The summed E-state index contributed by atoms with van der Waals surface area (Å²) in [5.74, 6) is 0. The van der Waals surface area contributed by atoms with Crippen LogP contribution in [0.15, 0.2) is 0 Å². The average molecular weight is 287 g/mol. The molecule has 3 aliphatic rings. The molecule has 0 unspecified atom stereocenters. The van der Waals surface area contributed by atoms with Gasteiger partial charge in [-0.05, 0) is 12.8 Å². The molecule has 0 aromatic heterocycles. The van der Waals surface area contributed by atoms with Gasteiger partial charge in [0, 0.05) is 45.3 Å². The predicted molar refractivity (Wildman–Crippen MR) is 75.6 cm³/mol. The van der Waals surface area contributed by atoms with E-state index in [4.69, 9.17) is 0 Å². The minimum Gasteiger partial charge on any atom is -0.314 e. The second kappa shape index (κ2) is 5.68. The summed E-state index contributed by atoms with van der Waals surface area (Å²) in [6.45, 7) is 5.31. The summed E-state index contributed by atoms with van der Waals surface area (Å²) < 4.78 is 26.9. The van der Waals surface area contributed by atoms with E-state index in [0.29, 0.717) is 19.1 Å². The molecule has 1 N–H and O–H groups in total. The standard InChI is InChI=1S/C13H25N3O2S/c17-19(18,13-4-2-1-3-5-13)16-8-6-15(7-9-16)12-10-14-11-12/h12-14H,1-11H2. The first-order chi connectivity index (χ1) is 9.18. The van der Waals surface area contributed by atoms with Gasteiger partial charge < -0.3 is 5.32 Å². The van der Waals surface area contributed by atoms with Crippen LogP contribution in [0.4, 0.5) is 0 Å². The molecule has 0 radical (unpaired) electrons. The summed E-state index contributed by atoms with van der Waals surface area (Å²) in [7, 11) is -3.03. The number of piperazine rings is 1. The van der Waals surface area contributed by atoms with E-state index in [0.717, 1.165) is 51.9 Å². The topological polar surface area (TPSA) is 52.7 Å². The van der Waals surface area contributed by atoms with Gasteiger partial charge in [-0.3, -0.25) is 4.90 Å². The number of rotatable bonds is 3. The van der Waals surface area contributed by atoms with Gasteiger partial charge in [0.1, 0.15) is 0 Å². The van der Waals surface area contributed by atoms with Crippen molar-refractivity contribution in [2.75, 3.05) is 39.3 Å². The lowest BCUT2D eigenvalue weighted by molar-refractivity contribution is 0.103. The first-order valence-electron chi connectivity index (χ1n) is 7.61. The lowest BCUT2D eigenvalue weighted by atomic mass is 10.0. The van der Waals surface area contributed by atoms with E-state index >= 15 is 0 Å². The quantitative estimate of drug-likeness (QED) is 0.808. The lowest BCUT2D eigenvalue weighted by Gasteiger charge is -2.43. The molecule has 3 fully saturated rings. The Hall–Kier alpha value is -0.170. The van der Waals surface area contributed by atoms with Crippen LogP contribution in [0, 0.1) is 0 Å². The van der Waals surface area contributed by atoms with Crippen molar-refractivity contribution in [1.82, 2.24) is 14.5 Å². The highest BCUT2D eigenvalue weighted by Gasteiger charge is 2.36. The fourth-order valence-corrected chi connectivity index (χ4v) is 5.45. The van der Waals surface area contributed by atoms with E-state index in [1.165, 1.54) is 6.42 Å². The minimum atomic E-state index is -3.03. The Balaban J connectivity index is 1.57. The predicted octanol–water partition coefficient (Wildman–Crippen LogP) is 0.238. The van der Waals surface area contributed by atoms with Gasteiger partial charge in [-0.15, -0.1) is 0 Å². The zero-order chi connectivity index (χ0) is 13.3. The molecule has 0 atom stereocenters. The molecular weight excluding hydrogens is 262 g/mol. The van der Waals surface area contributed by atoms with Gasteiger partial charge in [-0.1, -0.05) is 19.3 Å². The Morgan fingerprint density at radius 3 is 2.05 bits per heavy atom. The molecule has 2 heterocycles. The zero-order valence-corrected chi connectivity index (χ0v) is 12.4. The zero-order valence-electron chi connectivity index (χ0n) is 11.6. The number of nitrogens with one attached hydrogen (secondary N) is 1. The highest BCUT2D eigenvalue weighted by atomic mass is 32.2. The largest absolute Gasteiger partial charge is 0.314 e. The minimum absolute atomic E-state index is 0.0989. The first-order valence-corrected chi connectivity index (χ1v) is 9.12. The molecule has 5 nitrogen and oxygen atoms in total. The maximum absolute atomic E-state index is 12.6. The van der Waals surface area contributed by atoms with Gasteiger partial charge in [0.05, 0.1) is 5.25 Å². The van der Waals surface area contributed by atoms with E-state index in [1.807, 2.05) is 0 Å². The van der Waals surface area contributed by atoms with Crippen molar-refractivity contribution < 1.29 is 8.42 Å². The molecule has 0 amide bonds. The molecule has 3 rings (SSSR count). The second-order valence-corrected chi connectivity index (χ2v) is 8.27. The maximum Gasteiger partial charge on any atom is 0.217 e. The second-order valence-electron chi connectivity index (χ2n) is 6.05. The van der Waals surface area contributed by atoms with Gasteiger partial charge in [-0.2, -0.15) is 4.31 Å². The number of hydrogen-bond donors (Lipinski definition) is 1. The summed E-state index contributed by atoms with van der Waals surface area (Å²) in [5.41, 5.74) is 0. The van der Waals surface area contributed by atoms with Gasteiger partial charge in [0.2, 0.25) is 10.0 Å². The number of nitrogens with zero attached hydrogens (tertiary/aromatic N) is 2. The van der Waals surface area contributed by atoms with Crippen LogP contribution in [0.5, 0.6) is 0 Å². The fraction of sp³-hybridized carbons (Fsp3) is 1.00. The normalized spacial score (nSPS) is 29.3. The van der Waals surface area contributed by atoms with E-state index in [1.54, 1.807) is 4.31 Å². The van der Waals surface area contributed by atoms with Crippen LogP contribution < -0.4 is 5.32 Å². The van der Waals surface area contributed by atoms with Crippen LogP contribution >= 0.6 is 0 Å². The molecule has 1 aliphatic carbocycles. The average Bonchev–Trinajstić information content (AvgIpc) is 2.38. The van der Waals surface area contributed by atoms with Gasteiger partial charge in [-0.25, -0.2) is 8.42 Å². The van der Waals surface area contributed by atoms with Crippen molar-refractivity contribution in [2.24, 2.45) is 0 Å². The molecule has 6 heteroatoms. The third kappa shape index (κ3) is 2.82. The summed E-state index contributed by atoms with van der Waals surface area (Å²) in [4.78, 5) is 2.43. The lowest BCUT2D eigenvalue weighted by Crippen LogP contribution is -2.62. The number of hydrogen-bond acceptors (Lipinski definition) is 4. The van der Waals surface area contributed by atoms with Crippen LogP contribution in [-0.2, 0) is 10.0 Å².